The predicted molar refractivity (Wildman–Crippen MR) is 127 cm³/mol. The Hall–Kier alpha value is -2.97. The summed E-state index contributed by atoms with van der Waals surface area (Å²) in [6.45, 7) is 7.28. The highest BCUT2D eigenvalue weighted by Crippen LogP contribution is 2.32. The van der Waals surface area contributed by atoms with Crippen LogP contribution in [-0.2, 0) is 11.3 Å². The van der Waals surface area contributed by atoms with Gasteiger partial charge in [-0.1, -0.05) is 42.0 Å². The van der Waals surface area contributed by atoms with Crippen LogP contribution in [0.25, 0.3) is 0 Å². The van der Waals surface area contributed by atoms with Crippen molar-refractivity contribution in [3.8, 4) is 5.75 Å². The minimum atomic E-state index is 0.00169. The summed E-state index contributed by atoms with van der Waals surface area (Å²) in [6, 6.07) is 17.0. The van der Waals surface area contributed by atoms with Crippen LogP contribution in [0.3, 0.4) is 0 Å². The van der Waals surface area contributed by atoms with Crippen LogP contribution in [0.2, 0.25) is 0 Å². The van der Waals surface area contributed by atoms with Gasteiger partial charge in [0.05, 0.1) is 31.5 Å². The minimum Gasteiger partial charge on any atom is -0.495 e. The molecule has 2 aliphatic heterocycles. The maximum absolute atomic E-state index is 5.86. The molecule has 0 N–H and O–H groups in total. The maximum atomic E-state index is 5.86. The van der Waals surface area contributed by atoms with Crippen molar-refractivity contribution in [2.45, 2.75) is 38.5 Å². The lowest BCUT2D eigenvalue weighted by Crippen LogP contribution is -2.48. The monoisotopic (exact) mass is 448 g/mol. The molecule has 33 heavy (non-hydrogen) atoms. The smallest absolute Gasteiger partial charge is 0.173 e. The number of hydrogen-bond donors (Lipinski definition) is 0. The van der Waals surface area contributed by atoms with Crippen molar-refractivity contribution in [2.24, 2.45) is 0 Å². The summed E-state index contributed by atoms with van der Waals surface area (Å²) < 4.78 is 13.4. The number of benzene rings is 2. The van der Waals surface area contributed by atoms with E-state index in [4.69, 9.17) is 9.47 Å². The second-order valence-electron chi connectivity index (χ2n) is 8.86. The van der Waals surface area contributed by atoms with Gasteiger partial charge in [-0.25, -0.2) is 4.68 Å². The molecule has 0 radical (unpaired) electrons. The summed E-state index contributed by atoms with van der Waals surface area (Å²) in [5.41, 5.74) is 3.61. The Morgan fingerprint density at radius 1 is 1.06 bits per heavy atom. The number of ether oxygens (including phenoxy) is 2. The maximum Gasteiger partial charge on any atom is 0.173 e. The van der Waals surface area contributed by atoms with Crippen molar-refractivity contribution in [1.29, 1.82) is 0 Å². The molecule has 0 spiro atoms. The first kappa shape index (κ1) is 21.9. The fourth-order valence-electron chi connectivity index (χ4n) is 4.90. The molecule has 5 rings (SSSR count). The zero-order valence-corrected chi connectivity index (χ0v) is 19.4. The standard InChI is InChI=1S/C25H32N6O2/c1-19-9-11-20(12-10-19)24(25-26-27-28-31(25)18-21-6-5-17-33-21)30-15-13-29(14-16-30)22-7-3-4-8-23(22)32-2/h3-4,7-12,21,24H,5-6,13-18H2,1-2H3. The van der Waals surface area contributed by atoms with E-state index in [1.54, 1.807) is 7.11 Å². The fourth-order valence-corrected chi connectivity index (χ4v) is 4.90. The number of aryl methyl sites for hydroxylation is 1. The van der Waals surface area contributed by atoms with Gasteiger partial charge in [0.25, 0.3) is 0 Å². The third-order valence-corrected chi connectivity index (χ3v) is 6.70. The van der Waals surface area contributed by atoms with E-state index in [9.17, 15) is 0 Å². The van der Waals surface area contributed by atoms with E-state index in [-0.39, 0.29) is 12.1 Å². The van der Waals surface area contributed by atoms with Crippen molar-refractivity contribution < 1.29 is 9.47 Å². The van der Waals surface area contributed by atoms with Gasteiger partial charge >= 0.3 is 0 Å². The Bertz CT molecular complexity index is 1040. The fraction of sp³-hybridized carbons (Fsp3) is 0.480. The third-order valence-electron chi connectivity index (χ3n) is 6.70. The quantitative estimate of drug-likeness (QED) is 0.550. The number of para-hydroxylation sites is 2. The molecule has 8 heteroatoms. The molecule has 3 aromatic rings. The number of tetrazole rings is 1. The van der Waals surface area contributed by atoms with E-state index in [1.807, 2.05) is 16.8 Å². The highest BCUT2D eigenvalue weighted by atomic mass is 16.5. The normalized spacial score (nSPS) is 20.2. The Morgan fingerprint density at radius 3 is 2.58 bits per heavy atom. The first-order valence-corrected chi connectivity index (χ1v) is 11.8. The predicted octanol–water partition coefficient (Wildman–Crippen LogP) is 3.08. The Labute approximate surface area is 195 Å². The van der Waals surface area contributed by atoms with Crippen molar-refractivity contribution in [1.82, 2.24) is 25.1 Å². The second-order valence-corrected chi connectivity index (χ2v) is 8.86. The Morgan fingerprint density at radius 2 is 1.85 bits per heavy atom. The van der Waals surface area contributed by atoms with Crippen LogP contribution in [0.5, 0.6) is 5.75 Å². The number of methoxy groups -OCH3 is 1. The third kappa shape index (κ3) is 4.72. The summed E-state index contributed by atoms with van der Waals surface area (Å²) in [6.07, 6.45) is 2.36. The van der Waals surface area contributed by atoms with Gasteiger partial charge in [0.2, 0.25) is 0 Å². The molecule has 2 saturated heterocycles. The van der Waals surface area contributed by atoms with Crippen LogP contribution < -0.4 is 9.64 Å². The van der Waals surface area contributed by atoms with Gasteiger partial charge in [-0.05, 0) is 47.9 Å². The Balaban J connectivity index is 1.40. The average Bonchev–Trinajstić information content (AvgIpc) is 3.54. The molecule has 2 atom stereocenters. The van der Waals surface area contributed by atoms with Crippen LogP contribution in [0.15, 0.2) is 48.5 Å². The molecular weight excluding hydrogens is 416 g/mol. The van der Waals surface area contributed by atoms with Crippen LogP contribution in [0, 0.1) is 6.92 Å². The zero-order chi connectivity index (χ0) is 22.6. The number of nitrogens with zero attached hydrogens (tertiary/aromatic N) is 6. The first-order chi connectivity index (χ1) is 16.2. The van der Waals surface area contributed by atoms with Gasteiger partial charge < -0.3 is 14.4 Å². The van der Waals surface area contributed by atoms with E-state index in [2.05, 4.69) is 68.6 Å². The topological polar surface area (TPSA) is 68.5 Å². The van der Waals surface area contributed by atoms with Crippen LogP contribution in [0.1, 0.15) is 35.8 Å². The van der Waals surface area contributed by atoms with Gasteiger partial charge in [0.15, 0.2) is 5.82 Å². The molecule has 2 aromatic carbocycles. The van der Waals surface area contributed by atoms with E-state index in [0.29, 0.717) is 6.54 Å². The molecule has 1 aromatic heterocycles. The lowest BCUT2D eigenvalue weighted by Gasteiger charge is -2.40. The summed E-state index contributed by atoms with van der Waals surface area (Å²) in [4.78, 5) is 4.89. The highest BCUT2D eigenvalue weighted by molar-refractivity contribution is 5.58. The molecule has 0 aliphatic carbocycles. The second kappa shape index (κ2) is 9.89. The number of hydrogen-bond acceptors (Lipinski definition) is 7. The Kier molecular flexibility index (Phi) is 6.55. The number of aromatic nitrogens is 4. The van der Waals surface area contributed by atoms with Crippen molar-refractivity contribution in [3.05, 3.63) is 65.5 Å². The van der Waals surface area contributed by atoms with Gasteiger partial charge in [-0.15, -0.1) is 5.10 Å². The first-order valence-electron chi connectivity index (χ1n) is 11.8. The molecule has 2 unspecified atom stereocenters. The molecule has 0 saturated carbocycles. The number of piperazine rings is 1. The number of rotatable bonds is 7. The van der Waals surface area contributed by atoms with Gasteiger partial charge in [0, 0.05) is 32.8 Å². The van der Waals surface area contributed by atoms with E-state index in [0.717, 1.165) is 62.9 Å². The zero-order valence-electron chi connectivity index (χ0n) is 19.4. The molecule has 0 bridgehead atoms. The van der Waals surface area contributed by atoms with E-state index in [1.165, 1.54) is 11.1 Å². The molecule has 2 fully saturated rings. The summed E-state index contributed by atoms with van der Waals surface area (Å²) in [5.74, 6) is 1.81. The van der Waals surface area contributed by atoms with E-state index < -0.39 is 0 Å². The van der Waals surface area contributed by atoms with Gasteiger partial charge in [-0.3, -0.25) is 4.90 Å². The summed E-state index contributed by atoms with van der Waals surface area (Å²) in [5, 5.41) is 12.9. The molecule has 174 valence electrons. The van der Waals surface area contributed by atoms with Crippen LogP contribution in [-0.4, -0.2) is 71.1 Å². The molecule has 2 aliphatic rings. The molecule has 3 heterocycles. The van der Waals surface area contributed by atoms with Crippen molar-refractivity contribution >= 4 is 5.69 Å². The molecular formula is C25H32N6O2. The summed E-state index contributed by atoms with van der Waals surface area (Å²) >= 11 is 0. The van der Waals surface area contributed by atoms with E-state index >= 15 is 0 Å². The van der Waals surface area contributed by atoms with Crippen LogP contribution >= 0.6 is 0 Å². The molecule has 0 amide bonds. The highest BCUT2D eigenvalue weighted by Gasteiger charge is 2.32. The SMILES string of the molecule is COc1ccccc1N1CCN(C(c2ccc(C)cc2)c2nnnn2CC2CCCO2)CC1. The summed E-state index contributed by atoms with van der Waals surface area (Å²) in [7, 11) is 1.73. The average molecular weight is 449 g/mol. The lowest BCUT2D eigenvalue weighted by molar-refractivity contribution is 0.0906. The lowest BCUT2D eigenvalue weighted by atomic mass is 10.0. The minimum absolute atomic E-state index is 0.00169. The van der Waals surface area contributed by atoms with Crippen molar-refractivity contribution in [3.63, 3.8) is 0 Å². The van der Waals surface area contributed by atoms with Crippen LogP contribution in [0.4, 0.5) is 5.69 Å². The largest absolute Gasteiger partial charge is 0.495 e. The van der Waals surface area contributed by atoms with Gasteiger partial charge in [-0.2, -0.15) is 0 Å². The van der Waals surface area contributed by atoms with Gasteiger partial charge in [0.1, 0.15) is 5.75 Å². The number of anilines is 1. The van der Waals surface area contributed by atoms with Crippen molar-refractivity contribution in [2.75, 3.05) is 44.8 Å². The molecule has 8 nitrogen and oxygen atoms in total.